The zero-order valence-corrected chi connectivity index (χ0v) is 18.0. The summed E-state index contributed by atoms with van der Waals surface area (Å²) >= 11 is 0. The van der Waals surface area contributed by atoms with Crippen LogP contribution in [0, 0.1) is 5.92 Å². The Bertz CT molecular complexity index is 673. The topological polar surface area (TPSA) is 32.3 Å². The minimum atomic E-state index is -4.29. The van der Waals surface area contributed by atoms with Gasteiger partial charge in [0.05, 0.1) is 5.56 Å². The molecule has 0 aromatic heterocycles. The van der Waals surface area contributed by atoms with Crippen molar-refractivity contribution in [3.63, 3.8) is 0 Å². The Hall–Kier alpha value is -1.82. The van der Waals surface area contributed by atoms with Crippen LogP contribution in [0.5, 0.6) is 0 Å². The molecular weight excluding hydrogens is 389 g/mol. The van der Waals surface area contributed by atoms with Crippen LogP contribution in [0.1, 0.15) is 63.0 Å². The second-order valence-electron chi connectivity index (χ2n) is 8.52. The first-order chi connectivity index (χ1) is 14.3. The van der Waals surface area contributed by atoms with Crippen LogP contribution < -0.4 is 5.32 Å². The molecule has 2 fully saturated rings. The van der Waals surface area contributed by atoms with E-state index < -0.39 is 11.7 Å². The molecule has 1 aliphatic carbocycles. The SMILES string of the molecule is C=C1CCCC(CCC)C1.O=CNC1CCN(CCc2cccc(C(F)(F)F)c2)C1. The van der Waals surface area contributed by atoms with Gasteiger partial charge >= 0.3 is 6.18 Å². The number of nitrogens with zero attached hydrogens (tertiary/aromatic N) is 1. The summed E-state index contributed by atoms with van der Waals surface area (Å²) in [6.45, 7) is 8.66. The molecule has 2 aliphatic rings. The van der Waals surface area contributed by atoms with Crippen LogP contribution in [0.15, 0.2) is 36.4 Å². The van der Waals surface area contributed by atoms with Crippen molar-refractivity contribution < 1.29 is 18.0 Å². The fraction of sp³-hybridized carbons (Fsp3) is 0.625. The largest absolute Gasteiger partial charge is 0.416 e. The number of hydrogen-bond donors (Lipinski definition) is 1. The van der Waals surface area contributed by atoms with Gasteiger partial charge in [-0.3, -0.25) is 4.79 Å². The van der Waals surface area contributed by atoms with Gasteiger partial charge in [-0.2, -0.15) is 13.2 Å². The van der Waals surface area contributed by atoms with Crippen LogP contribution >= 0.6 is 0 Å². The molecule has 1 aromatic carbocycles. The molecular formula is C24H35F3N2O. The van der Waals surface area contributed by atoms with Crippen molar-refractivity contribution in [1.29, 1.82) is 0 Å². The van der Waals surface area contributed by atoms with Crippen LogP contribution in [-0.2, 0) is 17.4 Å². The van der Waals surface area contributed by atoms with Gasteiger partial charge < -0.3 is 10.2 Å². The van der Waals surface area contributed by atoms with Crippen LogP contribution in [0.25, 0.3) is 0 Å². The van der Waals surface area contributed by atoms with E-state index in [0.29, 0.717) is 24.9 Å². The number of halogens is 3. The summed E-state index contributed by atoms with van der Waals surface area (Å²) < 4.78 is 37.8. The number of hydrogen-bond acceptors (Lipinski definition) is 2. The van der Waals surface area contributed by atoms with Gasteiger partial charge in [0.1, 0.15) is 0 Å². The molecule has 1 saturated heterocycles. The Morgan fingerprint density at radius 1 is 1.30 bits per heavy atom. The number of carbonyl (C=O) groups is 1. The summed E-state index contributed by atoms with van der Waals surface area (Å²) in [6.07, 6.45) is 6.09. The highest BCUT2D eigenvalue weighted by Gasteiger charge is 2.30. The fourth-order valence-corrected chi connectivity index (χ4v) is 4.37. The van der Waals surface area contributed by atoms with Crippen LogP contribution in [0.2, 0.25) is 0 Å². The lowest BCUT2D eigenvalue weighted by atomic mass is 9.84. The van der Waals surface area contributed by atoms with Crippen LogP contribution in [-0.4, -0.2) is 37.0 Å². The first kappa shape index (κ1) is 24.4. The highest BCUT2D eigenvalue weighted by Crippen LogP contribution is 2.30. The number of rotatable bonds is 7. The zero-order chi connectivity index (χ0) is 22.0. The number of nitrogens with one attached hydrogen (secondary N) is 1. The van der Waals surface area contributed by atoms with Gasteiger partial charge in [0.25, 0.3) is 0 Å². The van der Waals surface area contributed by atoms with E-state index in [1.54, 1.807) is 6.07 Å². The van der Waals surface area contributed by atoms with Crippen molar-refractivity contribution in [3.05, 3.63) is 47.5 Å². The Labute approximate surface area is 178 Å². The Kier molecular flexibility index (Phi) is 9.89. The lowest BCUT2D eigenvalue weighted by Crippen LogP contribution is -2.32. The lowest BCUT2D eigenvalue weighted by molar-refractivity contribution is -0.137. The van der Waals surface area contributed by atoms with Crippen molar-refractivity contribution in [3.8, 4) is 0 Å². The van der Waals surface area contributed by atoms with Crippen LogP contribution in [0.3, 0.4) is 0 Å². The molecule has 168 valence electrons. The maximum absolute atomic E-state index is 12.6. The van der Waals surface area contributed by atoms with Crippen molar-refractivity contribution in [2.24, 2.45) is 5.92 Å². The number of allylic oxidation sites excluding steroid dienone is 1. The second-order valence-corrected chi connectivity index (χ2v) is 8.52. The van der Waals surface area contributed by atoms with Gasteiger partial charge in [0.2, 0.25) is 6.41 Å². The van der Waals surface area contributed by atoms with E-state index in [2.05, 4.69) is 23.7 Å². The summed E-state index contributed by atoms with van der Waals surface area (Å²) in [6, 6.07) is 5.61. The highest BCUT2D eigenvalue weighted by atomic mass is 19.4. The summed E-state index contributed by atoms with van der Waals surface area (Å²) in [5.41, 5.74) is 1.58. The Balaban J connectivity index is 0.000000269. The molecule has 2 unspecified atom stereocenters. The third-order valence-electron chi connectivity index (χ3n) is 5.96. The van der Waals surface area contributed by atoms with E-state index in [1.165, 1.54) is 56.2 Å². The van der Waals surface area contributed by atoms with E-state index in [-0.39, 0.29) is 6.04 Å². The summed E-state index contributed by atoms with van der Waals surface area (Å²) in [5.74, 6) is 0.978. The molecule has 30 heavy (non-hydrogen) atoms. The predicted molar refractivity (Wildman–Crippen MR) is 115 cm³/mol. The van der Waals surface area contributed by atoms with Crippen molar-refractivity contribution in [2.45, 2.75) is 70.5 Å². The fourth-order valence-electron chi connectivity index (χ4n) is 4.37. The molecule has 1 aromatic rings. The number of carbonyl (C=O) groups excluding carboxylic acids is 1. The van der Waals surface area contributed by atoms with E-state index in [0.717, 1.165) is 31.5 Å². The molecule has 0 spiro atoms. The van der Waals surface area contributed by atoms with Crippen molar-refractivity contribution in [1.82, 2.24) is 10.2 Å². The van der Waals surface area contributed by atoms with E-state index in [4.69, 9.17) is 0 Å². The Morgan fingerprint density at radius 2 is 2.10 bits per heavy atom. The summed E-state index contributed by atoms with van der Waals surface area (Å²) in [5, 5.41) is 2.73. The number of likely N-dealkylation sites (tertiary alicyclic amines) is 1. The molecule has 1 N–H and O–H groups in total. The van der Waals surface area contributed by atoms with Gasteiger partial charge in [0.15, 0.2) is 0 Å². The maximum Gasteiger partial charge on any atom is 0.416 e. The summed E-state index contributed by atoms with van der Waals surface area (Å²) in [4.78, 5) is 12.5. The quantitative estimate of drug-likeness (QED) is 0.456. The van der Waals surface area contributed by atoms with E-state index >= 15 is 0 Å². The lowest BCUT2D eigenvalue weighted by Gasteiger charge is -2.22. The van der Waals surface area contributed by atoms with Crippen molar-refractivity contribution in [2.75, 3.05) is 19.6 Å². The van der Waals surface area contributed by atoms with Gasteiger partial charge in [0, 0.05) is 25.7 Å². The molecule has 1 saturated carbocycles. The predicted octanol–water partition coefficient (Wildman–Crippen LogP) is 5.60. The summed E-state index contributed by atoms with van der Waals surface area (Å²) in [7, 11) is 0. The van der Waals surface area contributed by atoms with Crippen LogP contribution in [0.4, 0.5) is 13.2 Å². The number of benzene rings is 1. The highest BCUT2D eigenvalue weighted by molar-refractivity contribution is 5.46. The molecule has 6 heteroatoms. The molecule has 2 atom stereocenters. The average Bonchev–Trinajstić information content (AvgIpc) is 3.15. The first-order valence-electron chi connectivity index (χ1n) is 11.1. The normalized spacial score (nSPS) is 22.3. The standard InChI is InChI=1S/C14H17F3N2O.C10H18/c15-14(16,17)12-3-1-2-11(8-12)4-6-19-7-5-13(9-19)18-10-20;1-3-5-10-7-4-6-9(2)8-10/h1-3,8,10,13H,4-7,9H2,(H,18,20);10H,2-8H2,1H3. The zero-order valence-electron chi connectivity index (χ0n) is 18.0. The monoisotopic (exact) mass is 424 g/mol. The molecule has 0 bridgehead atoms. The number of amides is 1. The molecule has 1 aliphatic heterocycles. The van der Waals surface area contributed by atoms with E-state index in [9.17, 15) is 18.0 Å². The molecule has 3 nitrogen and oxygen atoms in total. The van der Waals surface area contributed by atoms with Gasteiger partial charge in [-0.05, 0) is 56.1 Å². The minimum absolute atomic E-state index is 0.161. The van der Waals surface area contributed by atoms with Gasteiger partial charge in [-0.25, -0.2) is 0 Å². The van der Waals surface area contributed by atoms with E-state index in [1.807, 2.05) is 0 Å². The van der Waals surface area contributed by atoms with Gasteiger partial charge in [-0.1, -0.05) is 50.1 Å². The number of alkyl halides is 3. The molecule has 3 rings (SSSR count). The Morgan fingerprint density at radius 3 is 2.77 bits per heavy atom. The van der Waals surface area contributed by atoms with Gasteiger partial charge in [-0.15, -0.1) is 0 Å². The smallest absolute Gasteiger partial charge is 0.355 e. The maximum atomic E-state index is 12.6. The van der Waals surface area contributed by atoms with Crippen molar-refractivity contribution >= 4 is 6.41 Å². The molecule has 1 amide bonds. The molecule has 1 heterocycles. The second kappa shape index (κ2) is 12.1. The first-order valence-corrected chi connectivity index (χ1v) is 11.1. The minimum Gasteiger partial charge on any atom is -0.355 e. The molecule has 0 radical (unpaired) electrons. The third kappa shape index (κ3) is 8.50. The average molecular weight is 425 g/mol. The third-order valence-corrected chi connectivity index (χ3v) is 5.96.